The van der Waals surface area contributed by atoms with E-state index in [1.165, 1.54) is 11.8 Å². The second-order valence-electron chi connectivity index (χ2n) is 6.05. The summed E-state index contributed by atoms with van der Waals surface area (Å²) in [4.78, 5) is 35.1. The van der Waals surface area contributed by atoms with E-state index >= 15 is 0 Å². The molecule has 2 amide bonds. The molecule has 2 rings (SSSR count). The van der Waals surface area contributed by atoms with Crippen LogP contribution >= 0.6 is 11.8 Å². The number of aliphatic carboxylic acids is 1. The van der Waals surface area contributed by atoms with E-state index in [2.05, 4.69) is 10.6 Å². The van der Waals surface area contributed by atoms with Crippen LogP contribution in [-0.4, -0.2) is 28.6 Å². The van der Waals surface area contributed by atoms with Crippen LogP contribution in [-0.2, 0) is 14.4 Å². The number of hydrogen-bond acceptors (Lipinski definition) is 4. The Morgan fingerprint density at radius 1 is 0.926 bits per heavy atom. The largest absolute Gasteiger partial charge is 0.481 e. The first-order valence-corrected chi connectivity index (χ1v) is 9.44. The summed E-state index contributed by atoms with van der Waals surface area (Å²) in [5, 5.41) is 14.1. The highest BCUT2D eigenvalue weighted by atomic mass is 32.2. The number of benzene rings is 2. The molecule has 0 fully saturated rings. The van der Waals surface area contributed by atoms with Gasteiger partial charge in [0.1, 0.15) is 0 Å². The fourth-order valence-corrected chi connectivity index (χ4v) is 3.00. The van der Waals surface area contributed by atoms with Crippen LogP contribution in [0.1, 0.15) is 24.0 Å². The molecule has 0 bridgehead atoms. The highest BCUT2D eigenvalue weighted by Crippen LogP contribution is 2.22. The molecule has 0 heterocycles. The minimum atomic E-state index is -1.00. The Morgan fingerprint density at radius 2 is 1.63 bits per heavy atom. The first kappa shape index (κ1) is 20.5. The molecule has 0 atom stereocenters. The summed E-state index contributed by atoms with van der Waals surface area (Å²) in [5.74, 6) is -1.15. The van der Waals surface area contributed by atoms with E-state index < -0.39 is 5.97 Å². The number of thioether (sulfide) groups is 1. The molecule has 7 heteroatoms. The summed E-state index contributed by atoms with van der Waals surface area (Å²) in [5.41, 5.74) is 3.59. The number of carbonyl (C=O) groups is 3. The molecule has 3 N–H and O–H groups in total. The zero-order valence-electron chi connectivity index (χ0n) is 15.2. The predicted molar refractivity (Wildman–Crippen MR) is 107 cm³/mol. The molecule has 0 saturated heterocycles. The lowest BCUT2D eigenvalue weighted by Gasteiger charge is -2.10. The summed E-state index contributed by atoms with van der Waals surface area (Å²) in [6.07, 6.45) is -0.264. The normalized spacial score (nSPS) is 10.3. The minimum absolute atomic E-state index is 0.0651. The molecule has 2 aromatic carbocycles. The third-order valence-corrected chi connectivity index (χ3v) is 4.96. The maximum absolute atomic E-state index is 12.2. The molecular weight excluding hydrogens is 364 g/mol. The number of rotatable bonds is 8. The highest BCUT2D eigenvalue weighted by molar-refractivity contribution is 8.00. The number of aryl methyl sites for hydroxylation is 1. The lowest BCUT2D eigenvalue weighted by atomic mass is 10.1. The average molecular weight is 386 g/mol. The topological polar surface area (TPSA) is 95.5 Å². The first-order chi connectivity index (χ1) is 12.8. The molecule has 6 nitrogen and oxygen atoms in total. The van der Waals surface area contributed by atoms with Crippen molar-refractivity contribution in [1.82, 2.24) is 0 Å². The summed E-state index contributed by atoms with van der Waals surface area (Å²) in [7, 11) is 0. The van der Waals surface area contributed by atoms with Gasteiger partial charge in [-0.15, -0.1) is 11.8 Å². The lowest BCUT2D eigenvalue weighted by Crippen LogP contribution is -2.15. The highest BCUT2D eigenvalue weighted by Gasteiger charge is 2.08. The Hall–Kier alpha value is -2.80. The van der Waals surface area contributed by atoms with Gasteiger partial charge in [-0.05, 0) is 55.3 Å². The molecule has 0 saturated carbocycles. The summed E-state index contributed by atoms with van der Waals surface area (Å²) < 4.78 is 0. The van der Waals surface area contributed by atoms with Gasteiger partial charge < -0.3 is 15.7 Å². The van der Waals surface area contributed by atoms with E-state index in [4.69, 9.17) is 5.11 Å². The maximum Gasteiger partial charge on any atom is 0.303 e. The second kappa shape index (κ2) is 9.78. The number of carbonyl (C=O) groups excluding carboxylic acids is 2. The summed E-state index contributed by atoms with van der Waals surface area (Å²) in [6, 6.07) is 12.9. The van der Waals surface area contributed by atoms with Gasteiger partial charge in [-0.25, -0.2) is 0 Å². The Balaban J connectivity index is 1.82. The van der Waals surface area contributed by atoms with Crippen LogP contribution in [0.5, 0.6) is 0 Å². The van der Waals surface area contributed by atoms with Crippen molar-refractivity contribution in [2.24, 2.45) is 0 Å². The molecule has 2 aromatic rings. The molecule has 0 aliphatic heterocycles. The maximum atomic E-state index is 12.2. The molecule has 0 radical (unpaired) electrons. The van der Waals surface area contributed by atoms with E-state index in [1.807, 2.05) is 44.2 Å². The van der Waals surface area contributed by atoms with Crippen molar-refractivity contribution in [2.75, 3.05) is 16.4 Å². The lowest BCUT2D eigenvalue weighted by molar-refractivity contribution is -0.138. The summed E-state index contributed by atoms with van der Waals surface area (Å²) in [6.45, 7) is 3.98. The monoisotopic (exact) mass is 386 g/mol. The minimum Gasteiger partial charge on any atom is -0.481 e. The third-order valence-electron chi connectivity index (χ3n) is 3.95. The molecule has 0 unspecified atom stereocenters. The van der Waals surface area contributed by atoms with Gasteiger partial charge in [0, 0.05) is 22.7 Å². The predicted octanol–water partition coefficient (Wildman–Crippen LogP) is 3.84. The van der Waals surface area contributed by atoms with E-state index in [9.17, 15) is 14.4 Å². The van der Waals surface area contributed by atoms with E-state index in [1.54, 1.807) is 12.1 Å². The first-order valence-electron chi connectivity index (χ1n) is 8.45. The standard InChI is InChI=1S/C20H22N2O4S/c1-13-4-3-5-17(14(13)2)22-19(24)12-27-16-8-6-15(7-9-16)21-18(23)10-11-20(25)26/h3-9H,10-12H2,1-2H3,(H,21,23)(H,22,24)(H,25,26). The van der Waals surface area contributed by atoms with Crippen LogP contribution < -0.4 is 10.6 Å². The van der Waals surface area contributed by atoms with Gasteiger partial charge in [-0.2, -0.15) is 0 Å². The number of nitrogens with one attached hydrogen (secondary N) is 2. The molecule has 0 aliphatic carbocycles. The van der Waals surface area contributed by atoms with Crippen molar-refractivity contribution in [3.05, 3.63) is 53.6 Å². The third kappa shape index (κ3) is 6.79. The van der Waals surface area contributed by atoms with Crippen LogP contribution in [0.4, 0.5) is 11.4 Å². The Labute approximate surface area is 162 Å². The van der Waals surface area contributed by atoms with E-state index in [-0.39, 0.29) is 30.4 Å². The molecule has 142 valence electrons. The van der Waals surface area contributed by atoms with Crippen LogP contribution in [0.15, 0.2) is 47.4 Å². The van der Waals surface area contributed by atoms with Crippen molar-refractivity contribution in [1.29, 1.82) is 0 Å². The number of hydrogen-bond donors (Lipinski definition) is 3. The van der Waals surface area contributed by atoms with Gasteiger partial charge in [0.15, 0.2) is 0 Å². The Morgan fingerprint density at radius 3 is 2.30 bits per heavy atom. The zero-order chi connectivity index (χ0) is 19.8. The zero-order valence-corrected chi connectivity index (χ0v) is 16.1. The molecule has 0 spiro atoms. The number of amides is 2. The molecule has 27 heavy (non-hydrogen) atoms. The second-order valence-corrected chi connectivity index (χ2v) is 7.10. The van der Waals surface area contributed by atoms with Crippen LogP contribution in [0, 0.1) is 13.8 Å². The molecule has 0 aliphatic rings. The van der Waals surface area contributed by atoms with Gasteiger partial charge in [0.25, 0.3) is 0 Å². The van der Waals surface area contributed by atoms with Crippen molar-refractivity contribution in [3.8, 4) is 0 Å². The van der Waals surface area contributed by atoms with Crippen LogP contribution in [0.2, 0.25) is 0 Å². The smallest absolute Gasteiger partial charge is 0.303 e. The quantitative estimate of drug-likeness (QED) is 0.599. The Kier molecular flexibility index (Phi) is 7.43. The molecular formula is C20H22N2O4S. The van der Waals surface area contributed by atoms with Crippen molar-refractivity contribution < 1.29 is 19.5 Å². The number of carboxylic acids is 1. The fraction of sp³-hybridized carbons (Fsp3) is 0.250. The van der Waals surface area contributed by atoms with E-state index in [0.29, 0.717) is 5.69 Å². The van der Waals surface area contributed by atoms with Gasteiger partial charge in [0.2, 0.25) is 11.8 Å². The van der Waals surface area contributed by atoms with Crippen molar-refractivity contribution in [3.63, 3.8) is 0 Å². The van der Waals surface area contributed by atoms with Gasteiger partial charge >= 0.3 is 5.97 Å². The van der Waals surface area contributed by atoms with Crippen LogP contribution in [0.3, 0.4) is 0 Å². The summed E-state index contributed by atoms with van der Waals surface area (Å²) >= 11 is 1.40. The van der Waals surface area contributed by atoms with Gasteiger partial charge in [-0.3, -0.25) is 14.4 Å². The number of anilines is 2. The van der Waals surface area contributed by atoms with Gasteiger partial charge in [0.05, 0.1) is 12.2 Å². The van der Waals surface area contributed by atoms with Crippen molar-refractivity contribution in [2.45, 2.75) is 31.6 Å². The van der Waals surface area contributed by atoms with E-state index in [0.717, 1.165) is 21.7 Å². The van der Waals surface area contributed by atoms with Crippen molar-refractivity contribution >= 4 is 40.9 Å². The Bertz CT molecular complexity index is 834. The van der Waals surface area contributed by atoms with Gasteiger partial charge in [-0.1, -0.05) is 12.1 Å². The SMILES string of the molecule is Cc1cccc(NC(=O)CSc2ccc(NC(=O)CCC(=O)O)cc2)c1C. The van der Waals surface area contributed by atoms with Crippen LogP contribution in [0.25, 0.3) is 0 Å². The number of carboxylic acid groups (broad SMARTS) is 1. The fourth-order valence-electron chi connectivity index (χ4n) is 2.30. The average Bonchev–Trinajstić information content (AvgIpc) is 2.63. The molecule has 0 aromatic heterocycles.